The molecule has 1 saturated heterocycles. The zero-order valence-electron chi connectivity index (χ0n) is 12.9. The van der Waals surface area contributed by atoms with E-state index in [1.54, 1.807) is 36.7 Å². The van der Waals surface area contributed by atoms with Gasteiger partial charge in [0.05, 0.1) is 29.1 Å². The molecule has 0 unspecified atom stereocenters. The van der Waals surface area contributed by atoms with E-state index in [0.717, 1.165) is 25.0 Å². The van der Waals surface area contributed by atoms with Crippen LogP contribution in [0.3, 0.4) is 0 Å². The van der Waals surface area contributed by atoms with Gasteiger partial charge in [-0.3, -0.25) is 4.98 Å². The van der Waals surface area contributed by atoms with Crippen molar-refractivity contribution in [2.75, 3.05) is 24.7 Å². The minimum Gasteiger partial charge on any atom is -0.376 e. The second kappa shape index (κ2) is 6.64. The maximum absolute atomic E-state index is 11.5. The maximum atomic E-state index is 11.5. The van der Waals surface area contributed by atoms with Crippen molar-refractivity contribution in [1.29, 1.82) is 0 Å². The predicted molar refractivity (Wildman–Crippen MR) is 88.0 cm³/mol. The monoisotopic (exact) mass is 333 g/mol. The van der Waals surface area contributed by atoms with Crippen molar-refractivity contribution < 1.29 is 13.2 Å². The highest BCUT2D eigenvalue weighted by Gasteiger charge is 2.15. The van der Waals surface area contributed by atoms with Crippen LogP contribution in [-0.4, -0.2) is 43.9 Å². The van der Waals surface area contributed by atoms with Crippen molar-refractivity contribution in [3.05, 3.63) is 36.7 Å². The van der Waals surface area contributed by atoms with Crippen LogP contribution in [0.4, 0.5) is 5.82 Å². The number of hydrogen-bond donors (Lipinski definition) is 1. The lowest BCUT2D eigenvalue weighted by Gasteiger charge is -2.11. The Labute approximate surface area is 135 Å². The molecule has 23 heavy (non-hydrogen) atoms. The predicted octanol–water partition coefficient (Wildman–Crippen LogP) is 2.14. The van der Waals surface area contributed by atoms with Gasteiger partial charge in [0.15, 0.2) is 9.84 Å². The molecule has 3 rings (SSSR count). The maximum Gasteiger partial charge on any atom is 0.175 e. The average Bonchev–Trinajstić information content (AvgIpc) is 3.06. The van der Waals surface area contributed by atoms with Crippen molar-refractivity contribution in [3.8, 4) is 11.3 Å². The Morgan fingerprint density at radius 3 is 2.70 bits per heavy atom. The summed E-state index contributed by atoms with van der Waals surface area (Å²) in [7, 11) is -3.19. The van der Waals surface area contributed by atoms with Gasteiger partial charge in [-0.1, -0.05) is 12.1 Å². The van der Waals surface area contributed by atoms with E-state index in [9.17, 15) is 8.42 Å². The Hall–Kier alpha value is -1.99. The molecule has 0 amide bonds. The van der Waals surface area contributed by atoms with Gasteiger partial charge in [0, 0.05) is 25.0 Å². The van der Waals surface area contributed by atoms with E-state index in [1.165, 1.54) is 6.26 Å². The fourth-order valence-corrected chi connectivity index (χ4v) is 3.12. The summed E-state index contributed by atoms with van der Waals surface area (Å²) in [6.45, 7) is 1.54. The number of sulfone groups is 1. The van der Waals surface area contributed by atoms with Gasteiger partial charge in [-0.25, -0.2) is 13.4 Å². The summed E-state index contributed by atoms with van der Waals surface area (Å²) in [5.41, 5.74) is 1.52. The Kier molecular flexibility index (Phi) is 4.58. The van der Waals surface area contributed by atoms with Crippen LogP contribution in [0.1, 0.15) is 12.8 Å². The summed E-state index contributed by atoms with van der Waals surface area (Å²) in [5, 5.41) is 3.24. The standard InChI is InChI=1S/C16H19N3O3S/c1-23(20,21)14-6-4-12(5-7-14)15-10-17-11-16(19-15)18-9-13-3-2-8-22-13/h4-7,10-11,13H,2-3,8-9H2,1H3,(H,18,19)/t13-/m1/s1. The molecule has 1 atom stereocenters. The summed E-state index contributed by atoms with van der Waals surface area (Å²) >= 11 is 0. The molecule has 1 aromatic heterocycles. The Morgan fingerprint density at radius 2 is 2.04 bits per heavy atom. The number of aromatic nitrogens is 2. The fraction of sp³-hybridized carbons (Fsp3) is 0.375. The molecule has 0 aliphatic carbocycles. The van der Waals surface area contributed by atoms with Crippen molar-refractivity contribution >= 4 is 15.7 Å². The van der Waals surface area contributed by atoms with Crippen LogP contribution in [0, 0.1) is 0 Å². The first-order chi connectivity index (χ1) is 11.0. The molecule has 1 N–H and O–H groups in total. The number of benzene rings is 1. The molecule has 2 heterocycles. The first-order valence-corrected chi connectivity index (χ1v) is 9.39. The van der Waals surface area contributed by atoms with E-state index < -0.39 is 9.84 Å². The normalized spacial score (nSPS) is 18.0. The summed E-state index contributed by atoms with van der Waals surface area (Å²) in [5.74, 6) is 0.685. The minimum absolute atomic E-state index is 0.231. The molecule has 1 aliphatic rings. The molecule has 6 nitrogen and oxygen atoms in total. The molecule has 122 valence electrons. The quantitative estimate of drug-likeness (QED) is 0.903. The lowest BCUT2D eigenvalue weighted by Crippen LogP contribution is -2.19. The molecule has 2 aromatic rings. The van der Waals surface area contributed by atoms with Crippen molar-refractivity contribution in [2.24, 2.45) is 0 Å². The van der Waals surface area contributed by atoms with E-state index >= 15 is 0 Å². The van der Waals surface area contributed by atoms with Crippen LogP contribution in [0.5, 0.6) is 0 Å². The second-order valence-corrected chi connectivity index (χ2v) is 7.62. The second-order valence-electron chi connectivity index (χ2n) is 5.60. The summed E-state index contributed by atoms with van der Waals surface area (Å²) in [6.07, 6.45) is 6.92. The van der Waals surface area contributed by atoms with E-state index in [1.807, 2.05) is 0 Å². The lowest BCUT2D eigenvalue weighted by molar-refractivity contribution is 0.120. The van der Waals surface area contributed by atoms with Crippen LogP contribution in [0.2, 0.25) is 0 Å². The van der Waals surface area contributed by atoms with E-state index in [4.69, 9.17) is 4.74 Å². The van der Waals surface area contributed by atoms with Gasteiger partial charge in [0.2, 0.25) is 0 Å². The topological polar surface area (TPSA) is 81.2 Å². The first kappa shape index (κ1) is 15.9. The highest BCUT2D eigenvalue weighted by Crippen LogP contribution is 2.20. The average molecular weight is 333 g/mol. The number of nitrogens with one attached hydrogen (secondary N) is 1. The number of hydrogen-bond acceptors (Lipinski definition) is 6. The van der Waals surface area contributed by atoms with Gasteiger partial charge in [0.1, 0.15) is 5.82 Å². The number of rotatable bonds is 5. The fourth-order valence-electron chi connectivity index (χ4n) is 2.49. The largest absolute Gasteiger partial charge is 0.376 e. The van der Waals surface area contributed by atoms with E-state index in [2.05, 4.69) is 15.3 Å². The van der Waals surface area contributed by atoms with Gasteiger partial charge in [-0.05, 0) is 25.0 Å². The molecule has 0 spiro atoms. The zero-order valence-corrected chi connectivity index (χ0v) is 13.7. The number of anilines is 1. The van der Waals surface area contributed by atoms with Gasteiger partial charge in [0.25, 0.3) is 0 Å². The molecule has 0 radical (unpaired) electrons. The summed E-state index contributed by atoms with van der Waals surface area (Å²) in [4.78, 5) is 9.00. The van der Waals surface area contributed by atoms with Crippen LogP contribution in [0.25, 0.3) is 11.3 Å². The Morgan fingerprint density at radius 1 is 1.26 bits per heavy atom. The SMILES string of the molecule is CS(=O)(=O)c1ccc(-c2cncc(NC[C@H]3CCCO3)n2)cc1. The third-order valence-corrected chi connectivity index (χ3v) is 4.88. The lowest BCUT2D eigenvalue weighted by atomic mass is 10.2. The Balaban J connectivity index is 1.73. The Bertz CT molecular complexity index is 769. The molecule has 0 bridgehead atoms. The van der Waals surface area contributed by atoms with Gasteiger partial charge < -0.3 is 10.1 Å². The van der Waals surface area contributed by atoms with Crippen molar-refractivity contribution in [2.45, 2.75) is 23.8 Å². The highest BCUT2D eigenvalue weighted by molar-refractivity contribution is 7.90. The highest BCUT2D eigenvalue weighted by atomic mass is 32.2. The third-order valence-electron chi connectivity index (χ3n) is 3.75. The number of nitrogens with zero attached hydrogens (tertiary/aromatic N) is 2. The van der Waals surface area contributed by atoms with Crippen LogP contribution in [-0.2, 0) is 14.6 Å². The molecular formula is C16H19N3O3S. The molecule has 1 aromatic carbocycles. The van der Waals surface area contributed by atoms with Crippen LogP contribution in [0.15, 0.2) is 41.6 Å². The third kappa shape index (κ3) is 4.05. The zero-order chi connectivity index (χ0) is 16.3. The molecule has 7 heteroatoms. The minimum atomic E-state index is -3.19. The first-order valence-electron chi connectivity index (χ1n) is 7.50. The van der Waals surface area contributed by atoms with Crippen LogP contribution < -0.4 is 5.32 Å². The molecular weight excluding hydrogens is 314 g/mol. The van der Waals surface area contributed by atoms with E-state index in [0.29, 0.717) is 23.0 Å². The summed E-state index contributed by atoms with van der Waals surface area (Å²) < 4.78 is 28.6. The van der Waals surface area contributed by atoms with E-state index in [-0.39, 0.29) is 6.10 Å². The van der Waals surface area contributed by atoms with Gasteiger partial charge in [-0.2, -0.15) is 0 Å². The molecule has 0 saturated carbocycles. The van der Waals surface area contributed by atoms with Gasteiger partial charge in [-0.15, -0.1) is 0 Å². The summed E-state index contributed by atoms with van der Waals surface area (Å²) in [6, 6.07) is 6.64. The van der Waals surface area contributed by atoms with Crippen LogP contribution >= 0.6 is 0 Å². The number of ether oxygens (including phenoxy) is 1. The van der Waals surface area contributed by atoms with Crippen molar-refractivity contribution in [3.63, 3.8) is 0 Å². The van der Waals surface area contributed by atoms with Crippen molar-refractivity contribution in [1.82, 2.24) is 9.97 Å². The molecule has 1 aliphatic heterocycles. The smallest absolute Gasteiger partial charge is 0.175 e. The van der Waals surface area contributed by atoms with Gasteiger partial charge >= 0.3 is 0 Å². The molecule has 1 fully saturated rings.